The SMILES string of the molecule is NC1c2cccc(-c3ccccc3)c2OC2(Oc3c(-c4ccccc4)cccc3C(N)N3CCCC2CC3)C2CCCN1CC2. The molecule has 0 amide bonds. The van der Waals surface area contributed by atoms with Crippen LogP contribution in [-0.4, -0.2) is 41.8 Å². The third-order valence-electron chi connectivity index (χ3n) is 10.9. The molecule has 6 unspecified atom stereocenters. The van der Waals surface area contributed by atoms with E-state index in [9.17, 15) is 0 Å². The van der Waals surface area contributed by atoms with E-state index in [0.717, 1.165) is 110 Å². The highest BCUT2D eigenvalue weighted by Crippen LogP contribution is 2.52. The highest BCUT2D eigenvalue weighted by Gasteiger charge is 2.54. The van der Waals surface area contributed by atoms with E-state index < -0.39 is 5.79 Å². The fourth-order valence-electron chi connectivity index (χ4n) is 8.49. The Labute approximate surface area is 266 Å². The summed E-state index contributed by atoms with van der Waals surface area (Å²) < 4.78 is 15.5. The van der Waals surface area contributed by atoms with Gasteiger partial charge in [0.25, 0.3) is 5.79 Å². The van der Waals surface area contributed by atoms with Crippen molar-refractivity contribution in [2.75, 3.05) is 26.2 Å². The average molecular weight is 601 g/mol. The first-order valence-corrected chi connectivity index (χ1v) is 16.9. The number of para-hydroxylation sites is 2. The van der Waals surface area contributed by atoms with Crippen molar-refractivity contribution in [3.05, 3.63) is 108 Å². The minimum Gasteiger partial charge on any atom is -0.451 e. The van der Waals surface area contributed by atoms with Crippen molar-refractivity contribution in [3.63, 3.8) is 0 Å². The van der Waals surface area contributed by atoms with Gasteiger partial charge >= 0.3 is 0 Å². The largest absolute Gasteiger partial charge is 0.451 e. The molecule has 6 atom stereocenters. The predicted octanol–water partition coefficient (Wildman–Crippen LogP) is 7.32. The molecule has 4 heterocycles. The number of fused-ring (bicyclic) bond motifs is 10. The van der Waals surface area contributed by atoms with Gasteiger partial charge < -0.3 is 20.9 Å². The lowest BCUT2D eigenvalue weighted by Crippen LogP contribution is -2.56. The molecule has 2 fully saturated rings. The number of benzene rings is 4. The predicted molar refractivity (Wildman–Crippen MR) is 179 cm³/mol. The minimum atomic E-state index is -0.889. The summed E-state index contributed by atoms with van der Waals surface area (Å²) in [5.74, 6) is 1.20. The van der Waals surface area contributed by atoms with Crippen LogP contribution in [0, 0.1) is 11.8 Å². The number of nitrogens with zero attached hydrogens (tertiary/aromatic N) is 2. The molecule has 4 N–H and O–H groups in total. The molecule has 0 aromatic heterocycles. The van der Waals surface area contributed by atoms with Crippen molar-refractivity contribution >= 4 is 0 Å². The molecule has 4 aliphatic heterocycles. The lowest BCUT2D eigenvalue weighted by Gasteiger charge is -2.46. The smallest absolute Gasteiger partial charge is 0.256 e. The van der Waals surface area contributed by atoms with Crippen LogP contribution in [0.4, 0.5) is 0 Å². The number of nitrogens with two attached hydrogens (primary N) is 2. The van der Waals surface area contributed by atoms with Crippen LogP contribution < -0.4 is 20.9 Å². The molecular formula is C39H44N4O2. The summed E-state index contributed by atoms with van der Waals surface area (Å²) in [7, 11) is 0. The molecule has 4 aromatic rings. The lowest BCUT2D eigenvalue weighted by molar-refractivity contribution is -0.200. The molecule has 2 saturated heterocycles. The summed E-state index contributed by atoms with van der Waals surface area (Å²) >= 11 is 0. The van der Waals surface area contributed by atoms with E-state index in [1.54, 1.807) is 0 Å². The van der Waals surface area contributed by atoms with Crippen LogP contribution in [0.1, 0.15) is 62.0 Å². The van der Waals surface area contributed by atoms with E-state index in [-0.39, 0.29) is 24.2 Å². The first-order chi connectivity index (χ1) is 22.1. The summed E-state index contributed by atoms with van der Waals surface area (Å²) in [5, 5.41) is 0. The molecule has 6 nitrogen and oxygen atoms in total. The highest BCUT2D eigenvalue weighted by molar-refractivity contribution is 5.74. The molecule has 0 aliphatic carbocycles. The van der Waals surface area contributed by atoms with Gasteiger partial charge in [-0.1, -0.05) is 97.1 Å². The first kappa shape index (κ1) is 28.8. The number of hydrogen-bond acceptors (Lipinski definition) is 6. The van der Waals surface area contributed by atoms with E-state index in [1.807, 2.05) is 0 Å². The Morgan fingerprint density at radius 2 is 0.956 bits per heavy atom. The third kappa shape index (κ3) is 5.05. The Bertz CT molecular complexity index is 1520. The van der Waals surface area contributed by atoms with Gasteiger partial charge in [0.1, 0.15) is 11.5 Å². The maximum absolute atomic E-state index is 7.76. The van der Waals surface area contributed by atoms with Crippen molar-refractivity contribution in [1.82, 2.24) is 9.80 Å². The lowest BCUT2D eigenvalue weighted by atomic mass is 9.78. The van der Waals surface area contributed by atoms with Crippen molar-refractivity contribution in [1.29, 1.82) is 0 Å². The second-order valence-electron chi connectivity index (χ2n) is 13.3. The fourth-order valence-corrected chi connectivity index (χ4v) is 8.49. The zero-order valence-electron chi connectivity index (χ0n) is 26.0. The van der Waals surface area contributed by atoms with Crippen LogP contribution in [-0.2, 0) is 0 Å². The van der Waals surface area contributed by atoms with Gasteiger partial charge in [-0.05, 0) is 62.7 Å². The Morgan fingerprint density at radius 3 is 1.40 bits per heavy atom. The normalized spacial score (nSPS) is 30.9. The van der Waals surface area contributed by atoms with Crippen LogP contribution in [0.2, 0.25) is 0 Å². The van der Waals surface area contributed by atoms with Crippen LogP contribution >= 0.6 is 0 Å². The topological polar surface area (TPSA) is 77.0 Å². The van der Waals surface area contributed by atoms with Gasteiger partial charge in [0.05, 0.1) is 12.3 Å². The molecule has 6 heteroatoms. The summed E-state index contributed by atoms with van der Waals surface area (Å²) in [6, 6.07) is 34.1. The average Bonchev–Trinajstić information content (AvgIpc) is 3.48. The zero-order chi connectivity index (χ0) is 30.4. The molecule has 0 saturated carbocycles. The van der Waals surface area contributed by atoms with Crippen LogP contribution in [0.15, 0.2) is 97.1 Å². The molecule has 4 bridgehead atoms. The highest BCUT2D eigenvalue weighted by atomic mass is 16.7. The summed E-state index contributed by atoms with van der Waals surface area (Å²) in [6.45, 7) is 3.78. The van der Waals surface area contributed by atoms with Crippen molar-refractivity contribution in [2.24, 2.45) is 23.3 Å². The van der Waals surface area contributed by atoms with Gasteiger partial charge in [-0.25, -0.2) is 0 Å². The van der Waals surface area contributed by atoms with Gasteiger partial charge in [-0.2, -0.15) is 0 Å². The van der Waals surface area contributed by atoms with Gasteiger partial charge in [0, 0.05) is 47.2 Å². The van der Waals surface area contributed by atoms with E-state index >= 15 is 0 Å². The van der Waals surface area contributed by atoms with E-state index in [2.05, 4.69) is 107 Å². The molecule has 45 heavy (non-hydrogen) atoms. The monoisotopic (exact) mass is 600 g/mol. The zero-order valence-corrected chi connectivity index (χ0v) is 26.0. The molecule has 0 radical (unpaired) electrons. The Kier molecular flexibility index (Phi) is 7.62. The van der Waals surface area contributed by atoms with Gasteiger partial charge in [0.2, 0.25) is 0 Å². The van der Waals surface area contributed by atoms with E-state index in [0.29, 0.717) is 0 Å². The standard InChI is InChI=1S/C39H44N4O2/c40-37-33-19-7-17-31(27-11-3-1-4-12-27)35(33)44-39(29-15-9-23-42(37)25-21-29)30-16-10-24-43(26-22-30)38(41)34-20-8-18-32(36(34)45-39)28-13-5-2-6-14-28/h1-8,11-14,17-20,29-30,37-38H,9-10,15-16,21-26,40-41H2. The summed E-state index contributed by atoms with van der Waals surface area (Å²) in [4.78, 5) is 4.92. The molecular weight excluding hydrogens is 556 g/mol. The number of rotatable bonds is 2. The fraction of sp³-hybridized carbons (Fsp3) is 0.385. The number of hydrogen-bond donors (Lipinski definition) is 2. The van der Waals surface area contributed by atoms with Crippen LogP contribution in [0.5, 0.6) is 11.5 Å². The minimum absolute atomic E-state index is 0.187. The van der Waals surface area contributed by atoms with Crippen molar-refractivity contribution in [2.45, 2.75) is 56.6 Å². The molecule has 4 aromatic carbocycles. The van der Waals surface area contributed by atoms with Crippen LogP contribution in [0.3, 0.4) is 0 Å². The first-order valence-electron chi connectivity index (χ1n) is 16.9. The second kappa shape index (κ2) is 11.9. The number of ether oxygens (including phenoxy) is 2. The Morgan fingerprint density at radius 1 is 0.511 bits per heavy atom. The summed E-state index contributed by atoms with van der Waals surface area (Å²) in [6.07, 6.45) is 5.62. The van der Waals surface area contributed by atoms with Crippen molar-refractivity contribution < 1.29 is 9.47 Å². The van der Waals surface area contributed by atoms with Crippen LogP contribution in [0.25, 0.3) is 22.3 Å². The molecule has 232 valence electrons. The van der Waals surface area contributed by atoms with Gasteiger partial charge in [-0.3, -0.25) is 9.80 Å². The Hall–Kier alpha value is -3.68. The van der Waals surface area contributed by atoms with E-state index in [4.69, 9.17) is 20.9 Å². The Balaban J connectivity index is 1.40. The third-order valence-corrected chi connectivity index (χ3v) is 10.9. The molecule has 4 aliphatic rings. The molecule has 1 spiro atoms. The van der Waals surface area contributed by atoms with Gasteiger partial charge in [-0.15, -0.1) is 0 Å². The quantitative estimate of drug-likeness (QED) is 0.251. The van der Waals surface area contributed by atoms with Gasteiger partial charge in [0.15, 0.2) is 0 Å². The maximum Gasteiger partial charge on any atom is 0.256 e. The second-order valence-corrected chi connectivity index (χ2v) is 13.3. The molecule has 8 rings (SSSR count). The van der Waals surface area contributed by atoms with Crippen molar-refractivity contribution in [3.8, 4) is 33.8 Å². The summed E-state index contributed by atoms with van der Waals surface area (Å²) in [5.41, 5.74) is 20.8. The maximum atomic E-state index is 7.76. The van der Waals surface area contributed by atoms with E-state index in [1.165, 1.54) is 0 Å².